The Hall–Kier alpha value is -2.02. The van der Waals surface area contributed by atoms with E-state index in [1.54, 1.807) is 18.3 Å². The van der Waals surface area contributed by atoms with E-state index in [0.717, 1.165) is 69.5 Å². The number of halogens is 2. The van der Waals surface area contributed by atoms with Gasteiger partial charge >= 0.3 is 0 Å². The Balaban J connectivity index is 1.51. The van der Waals surface area contributed by atoms with Crippen molar-refractivity contribution >= 4 is 23.1 Å². The lowest BCUT2D eigenvalue weighted by atomic mass is 9.78. The fraction of sp³-hybridized carbons (Fsp3) is 0.538. The fourth-order valence-corrected chi connectivity index (χ4v) is 5.03. The summed E-state index contributed by atoms with van der Waals surface area (Å²) in [4.78, 5) is 17.1. The molecule has 5 nitrogen and oxygen atoms in total. The van der Waals surface area contributed by atoms with Gasteiger partial charge in [0.2, 0.25) is 0 Å². The molecule has 0 amide bonds. The minimum atomic E-state index is -0.289. The predicted octanol–water partition coefficient (Wildman–Crippen LogP) is 5.27. The fourth-order valence-electron chi connectivity index (χ4n) is 4.82. The number of ether oxygens (including phenoxy) is 1. The van der Waals surface area contributed by atoms with Crippen LogP contribution in [0.25, 0.3) is 11.1 Å². The Morgan fingerprint density at radius 1 is 1.33 bits per heavy atom. The van der Waals surface area contributed by atoms with Crippen molar-refractivity contribution in [3.8, 4) is 11.1 Å². The van der Waals surface area contributed by atoms with Crippen LogP contribution in [0.5, 0.6) is 0 Å². The summed E-state index contributed by atoms with van der Waals surface area (Å²) < 4.78 is 20.2. The zero-order chi connectivity index (χ0) is 23.3. The van der Waals surface area contributed by atoms with Crippen molar-refractivity contribution in [2.24, 2.45) is 11.3 Å². The third-order valence-electron chi connectivity index (χ3n) is 7.25. The first-order valence-electron chi connectivity index (χ1n) is 12.0. The van der Waals surface area contributed by atoms with Crippen LogP contribution in [0.3, 0.4) is 0 Å². The number of ketones is 1. The van der Waals surface area contributed by atoms with Crippen LogP contribution in [0.4, 0.5) is 10.1 Å². The van der Waals surface area contributed by atoms with Gasteiger partial charge in [0, 0.05) is 56.1 Å². The van der Waals surface area contributed by atoms with Gasteiger partial charge in [-0.05, 0) is 67.8 Å². The molecule has 1 atom stereocenters. The van der Waals surface area contributed by atoms with Crippen LogP contribution in [-0.4, -0.2) is 43.6 Å². The average Bonchev–Trinajstić information content (AvgIpc) is 2.86. The van der Waals surface area contributed by atoms with Crippen molar-refractivity contribution in [2.45, 2.75) is 45.4 Å². The van der Waals surface area contributed by atoms with E-state index in [1.807, 2.05) is 6.07 Å². The van der Waals surface area contributed by atoms with Gasteiger partial charge in [0.15, 0.2) is 0 Å². The number of nitrogens with zero attached hydrogens (tertiary/aromatic N) is 1. The van der Waals surface area contributed by atoms with Crippen molar-refractivity contribution in [3.05, 3.63) is 47.0 Å². The number of hydrogen-bond acceptors (Lipinski definition) is 5. The van der Waals surface area contributed by atoms with Crippen LogP contribution < -0.4 is 10.6 Å². The van der Waals surface area contributed by atoms with E-state index in [1.165, 1.54) is 6.07 Å². The summed E-state index contributed by atoms with van der Waals surface area (Å²) in [5.41, 5.74) is 2.84. The zero-order valence-corrected chi connectivity index (χ0v) is 20.0. The molecule has 1 aromatic heterocycles. The zero-order valence-electron chi connectivity index (χ0n) is 19.3. The molecule has 7 heteroatoms. The van der Waals surface area contributed by atoms with Gasteiger partial charge in [-0.3, -0.25) is 9.78 Å². The molecule has 0 aliphatic carbocycles. The summed E-state index contributed by atoms with van der Waals surface area (Å²) >= 11 is 6.47. The number of Topliss-reactive ketones (excluding diaryl/α,β-unsaturated/α-hetero) is 1. The summed E-state index contributed by atoms with van der Waals surface area (Å²) in [5.74, 6) is -0.0504. The molecular weight excluding hydrogens is 441 g/mol. The molecule has 4 rings (SSSR count). The Morgan fingerprint density at radius 2 is 2.15 bits per heavy atom. The van der Waals surface area contributed by atoms with Gasteiger partial charge in [0.05, 0.1) is 10.7 Å². The highest BCUT2D eigenvalue weighted by Crippen LogP contribution is 2.36. The molecule has 1 aromatic carbocycles. The number of carbonyl (C=O) groups is 1. The van der Waals surface area contributed by atoms with Gasteiger partial charge in [0.25, 0.3) is 0 Å². The topological polar surface area (TPSA) is 63.2 Å². The van der Waals surface area contributed by atoms with Crippen molar-refractivity contribution in [1.82, 2.24) is 10.3 Å². The molecule has 0 radical (unpaired) electrons. The van der Waals surface area contributed by atoms with Crippen LogP contribution >= 0.6 is 11.6 Å². The number of benzene rings is 1. The second kappa shape index (κ2) is 10.9. The Bertz CT molecular complexity index is 972. The number of nitrogens with one attached hydrogen (secondary N) is 2. The minimum Gasteiger partial charge on any atom is -0.382 e. The van der Waals surface area contributed by atoms with E-state index in [9.17, 15) is 9.18 Å². The molecule has 0 bridgehead atoms. The molecule has 0 saturated carbocycles. The van der Waals surface area contributed by atoms with Crippen molar-refractivity contribution in [3.63, 3.8) is 0 Å². The molecule has 0 unspecified atom stereocenters. The largest absolute Gasteiger partial charge is 0.382 e. The summed E-state index contributed by atoms with van der Waals surface area (Å²) in [5, 5.41) is 7.12. The molecule has 2 aliphatic heterocycles. The molecule has 0 spiro atoms. The molecule has 3 heterocycles. The highest BCUT2D eigenvalue weighted by molar-refractivity contribution is 6.33. The molecule has 33 heavy (non-hydrogen) atoms. The molecule has 2 fully saturated rings. The van der Waals surface area contributed by atoms with Crippen LogP contribution in [0.15, 0.2) is 30.5 Å². The van der Waals surface area contributed by atoms with Gasteiger partial charge in [0.1, 0.15) is 11.6 Å². The van der Waals surface area contributed by atoms with Crippen molar-refractivity contribution in [1.29, 1.82) is 0 Å². The number of anilines is 1. The first-order chi connectivity index (χ1) is 16.0. The highest BCUT2D eigenvalue weighted by atomic mass is 35.5. The summed E-state index contributed by atoms with van der Waals surface area (Å²) in [6.45, 7) is 6.10. The van der Waals surface area contributed by atoms with Gasteiger partial charge < -0.3 is 15.4 Å². The summed E-state index contributed by atoms with van der Waals surface area (Å²) in [6, 6.07) is 6.85. The number of aromatic nitrogens is 1. The Kier molecular flexibility index (Phi) is 7.99. The van der Waals surface area contributed by atoms with E-state index < -0.39 is 0 Å². The van der Waals surface area contributed by atoms with Crippen LogP contribution in [0, 0.1) is 17.2 Å². The van der Waals surface area contributed by atoms with Crippen LogP contribution in [0.2, 0.25) is 5.02 Å². The second-order valence-corrected chi connectivity index (χ2v) is 9.76. The lowest BCUT2D eigenvalue weighted by Crippen LogP contribution is -2.35. The quantitative estimate of drug-likeness (QED) is 0.546. The van der Waals surface area contributed by atoms with E-state index in [4.69, 9.17) is 16.3 Å². The van der Waals surface area contributed by atoms with Crippen molar-refractivity contribution < 1.29 is 13.9 Å². The molecule has 2 aliphatic rings. The number of piperidine rings is 1. The number of rotatable bonds is 8. The maximum atomic E-state index is 14.6. The highest BCUT2D eigenvalue weighted by Gasteiger charge is 2.30. The molecular formula is C26H33ClFN3O2. The minimum absolute atomic E-state index is 0.0392. The third-order valence-corrected chi connectivity index (χ3v) is 7.56. The predicted molar refractivity (Wildman–Crippen MR) is 130 cm³/mol. The number of pyridine rings is 1. The lowest BCUT2D eigenvalue weighted by molar-refractivity contribution is -0.122. The number of carbonyl (C=O) groups excluding carboxylic acids is 1. The maximum absolute atomic E-state index is 14.6. The SMILES string of the molecule is CCC1(CNc2cc(-c3cc(CC(=O)[C@@H]4CCCNC4)ncc3Cl)ccc2F)CCOCC1. The first kappa shape index (κ1) is 24.1. The lowest BCUT2D eigenvalue weighted by Gasteiger charge is -2.36. The van der Waals surface area contributed by atoms with Gasteiger partial charge in [-0.15, -0.1) is 0 Å². The smallest absolute Gasteiger partial charge is 0.146 e. The summed E-state index contributed by atoms with van der Waals surface area (Å²) in [6.07, 6.45) is 6.78. The van der Waals surface area contributed by atoms with E-state index in [0.29, 0.717) is 22.9 Å². The van der Waals surface area contributed by atoms with Gasteiger partial charge in [-0.25, -0.2) is 4.39 Å². The van der Waals surface area contributed by atoms with E-state index >= 15 is 0 Å². The molecule has 2 N–H and O–H groups in total. The second-order valence-electron chi connectivity index (χ2n) is 9.36. The molecule has 178 valence electrons. The first-order valence-corrected chi connectivity index (χ1v) is 12.4. The monoisotopic (exact) mass is 473 g/mol. The van der Waals surface area contributed by atoms with E-state index in [2.05, 4.69) is 22.5 Å². The Morgan fingerprint density at radius 3 is 2.88 bits per heavy atom. The number of hydrogen-bond donors (Lipinski definition) is 2. The third kappa shape index (κ3) is 5.92. The Labute approximate surface area is 200 Å². The van der Waals surface area contributed by atoms with Crippen LogP contribution in [-0.2, 0) is 16.0 Å². The molecule has 2 saturated heterocycles. The van der Waals surface area contributed by atoms with Crippen molar-refractivity contribution in [2.75, 3.05) is 38.2 Å². The average molecular weight is 474 g/mol. The molecule has 2 aromatic rings. The van der Waals surface area contributed by atoms with Gasteiger partial charge in [-0.1, -0.05) is 24.6 Å². The standard InChI is InChI=1S/C26H33ClFN3O2/c1-2-26(7-10-33-11-8-26)17-31-24-12-18(5-6-23(24)28)21-13-20(30-16-22(21)27)14-25(32)19-4-3-9-29-15-19/h5-6,12-13,16,19,29,31H,2-4,7-11,14-15,17H2,1H3/t19-/m1/s1. The summed E-state index contributed by atoms with van der Waals surface area (Å²) in [7, 11) is 0. The van der Waals surface area contributed by atoms with E-state index in [-0.39, 0.29) is 29.4 Å². The normalized spacial score (nSPS) is 20.4. The maximum Gasteiger partial charge on any atom is 0.146 e. The van der Waals surface area contributed by atoms with Crippen LogP contribution in [0.1, 0.15) is 44.7 Å². The van der Waals surface area contributed by atoms with Gasteiger partial charge in [-0.2, -0.15) is 0 Å².